The number of likely N-dealkylation sites (N-methyl/N-ethyl adjacent to an activating group) is 1. The van der Waals surface area contributed by atoms with E-state index in [0.29, 0.717) is 6.54 Å². The smallest absolute Gasteiger partial charge is 0.321 e. The minimum atomic E-state index is -0.346. The van der Waals surface area contributed by atoms with Crippen LogP contribution in [0.2, 0.25) is 0 Å². The van der Waals surface area contributed by atoms with Crippen LogP contribution in [-0.4, -0.2) is 41.1 Å². The number of urea groups is 1. The third-order valence-electron chi connectivity index (χ3n) is 6.01. The van der Waals surface area contributed by atoms with Crippen molar-refractivity contribution in [3.63, 3.8) is 0 Å². The van der Waals surface area contributed by atoms with Crippen LogP contribution in [0.1, 0.15) is 44.2 Å². The summed E-state index contributed by atoms with van der Waals surface area (Å²) in [5.74, 6) is 1.98. The summed E-state index contributed by atoms with van der Waals surface area (Å²) >= 11 is 0. The van der Waals surface area contributed by atoms with Crippen molar-refractivity contribution in [3.05, 3.63) is 18.0 Å². The predicted molar refractivity (Wildman–Crippen MR) is 90.4 cm³/mol. The lowest BCUT2D eigenvalue weighted by molar-refractivity contribution is -0.121. The zero-order valence-corrected chi connectivity index (χ0v) is 14.7. The van der Waals surface area contributed by atoms with Crippen LogP contribution in [0.15, 0.2) is 16.9 Å². The zero-order valence-electron chi connectivity index (χ0n) is 14.7. The first kappa shape index (κ1) is 16.6. The lowest BCUT2D eigenvalue weighted by Gasteiger charge is -2.56. The monoisotopic (exact) mass is 346 g/mol. The molecule has 4 fully saturated rings. The van der Waals surface area contributed by atoms with Crippen LogP contribution >= 0.6 is 0 Å². The Labute approximate surface area is 147 Å². The van der Waals surface area contributed by atoms with Crippen molar-refractivity contribution in [2.45, 2.75) is 50.6 Å². The summed E-state index contributed by atoms with van der Waals surface area (Å²) in [5.41, 5.74) is 0.680. The van der Waals surface area contributed by atoms with Gasteiger partial charge in [0.2, 0.25) is 5.91 Å². The molecule has 7 nitrogen and oxygen atoms in total. The number of amides is 3. The molecule has 136 valence electrons. The molecule has 3 amide bonds. The van der Waals surface area contributed by atoms with Gasteiger partial charge in [0, 0.05) is 18.2 Å². The zero-order chi connectivity index (χ0) is 17.4. The number of hydrogen-bond acceptors (Lipinski definition) is 5. The van der Waals surface area contributed by atoms with Crippen molar-refractivity contribution in [1.29, 1.82) is 0 Å². The minimum absolute atomic E-state index is 0.0777. The molecule has 4 aliphatic rings. The van der Waals surface area contributed by atoms with E-state index in [0.717, 1.165) is 42.7 Å². The molecular weight excluding hydrogens is 320 g/mol. The maximum Gasteiger partial charge on any atom is 0.321 e. The number of nitrogens with one attached hydrogen (secondary N) is 2. The van der Waals surface area contributed by atoms with E-state index in [-0.39, 0.29) is 24.0 Å². The Balaban J connectivity index is 1.26. The fraction of sp³-hybridized carbons (Fsp3) is 0.722. The highest BCUT2D eigenvalue weighted by molar-refractivity contribution is 5.95. The molecule has 0 radical (unpaired) electrons. The molecule has 0 aromatic carbocycles. The molecule has 7 heteroatoms. The van der Waals surface area contributed by atoms with Gasteiger partial charge in [0.1, 0.15) is 6.26 Å². The third-order valence-corrected chi connectivity index (χ3v) is 6.01. The van der Waals surface area contributed by atoms with Crippen molar-refractivity contribution in [3.8, 4) is 0 Å². The van der Waals surface area contributed by atoms with Crippen molar-refractivity contribution >= 4 is 11.9 Å². The van der Waals surface area contributed by atoms with Crippen molar-refractivity contribution in [1.82, 2.24) is 20.7 Å². The fourth-order valence-electron chi connectivity index (χ4n) is 5.60. The summed E-state index contributed by atoms with van der Waals surface area (Å²) < 4.78 is 4.78. The first-order valence-corrected chi connectivity index (χ1v) is 9.19. The van der Waals surface area contributed by atoms with Gasteiger partial charge in [-0.25, -0.2) is 4.79 Å². The average Bonchev–Trinajstić information content (AvgIpc) is 2.97. The SMILES string of the molecule is CN(CC(=O)NC(=O)NC12CC3CC(CC(C3)C1)C2)Cc1ccon1. The van der Waals surface area contributed by atoms with Crippen LogP contribution in [0, 0.1) is 17.8 Å². The lowest BCUT2D eigenvalue weighted by atomic mass is 9.53. The van der Waals surface area contributed by atoms with Crippen LogP contribution in [0.25, 0.3) is 0 Å². The molecule has 0 spiro atoms. The first-order chi connectivity index (χ1) is 12.0. The lowest BCUT2D eigenvalue weighted by Crippen LogP contribution is -2.62. The standard InChI is InChI=1S/C18H26N4O3/c1-22(10-15-2-3-25-21-15)11-16(23)19-17(24)20-18-7-12-4-13(8-18)6-14(5-12)9-18/h2-3,12-14H,4-11H2,1H3,(H2,19,20,23,24). The van der Waals surface area contributed by atoms with Crippen LogP contribution in [0.4, 0.5) is 4.79 Å². The second kappa shape index (κ2) is 6.44. The Bertz CT molecular complexity index is 607. The van der Waals surface area contributed by atoms with Crippen molar-refractivity contribution < 1.29 is 14.1 Å². The topological polar surface area (TPSA) is 87.5 Å². The maximum atomic E-state index is 12.3. The first-order valence-electron chi connectivity index (χ1n) is 9.19. The molecule has 0 unspecified atom stereocenters. The largest absolute Gasteiger partial charge is 0.364 e. The molecule has 4 aliphatic carbocycles. The van der Waals surface area contributed by atoms with Crippen LogP contribution in [-0.2, 0) is 11.3 Å². The maximum absolute atomic E-state index is 12.3. The molecule has 0 atom stereocenters. The quantitative estimate of drug-likeness (QED) is 0.850. The van der Waals surface area contributed by atoms with Gasteiger partial charge >= 0.3 is 6.03 Å². The molecule has 4 saturated carbocycles. The molecule has 0 saturated heterocycles. The molecule has 1 heterocycles. The summed E-state index contributed by atoms with van der Waals surface area (Å²) in [6, 6.07) is 1.41. The van der Waals surface area contributed by atoms with Gasteiger partial charge < -0.3 is 9.84 Å². The molecular formula is C18H26N4O3. The molecule has 2 N–H and O–H groups in total. The third kappa shape index (κ3) is 3.71. The average molecular weight is 346 g/mol. The number of carbonyl (C=O) groups excluding carboxylic acids is 2. The Morgan fingerprint density at radius 1 is 1.24 bits per heavy atom. The van der Waals surface area contributed by atoms with E-state index < -0.39 is 0 Å². The van der Waals surface area contributed by atoms with Gasteiger partial charge in [0.25, 0.3) is 0 Å². The molecule has 1 aromatic rings. The number of aromatic nitrogens is 1. The van der Waals surface area contributed by atoms with Gasteiger partial charge in [-0.2, -0.15) is 0 Å². The van der Waals surface area contributed by atoms with E-state index in [1.165, 1.54) is 25.5 Å². The van der Waals surface area contributed by atoms with Gasteiger partial charge in [0.15, 0.2) is 0 Å². The number of carbonyl (C=O) groups is 2. The van der Waals surface area contributed by atoms with Crippen molar-refractivity contribution in [2.75, 3.05) is 13.6 Å². The van der Waals surface area contributed by atoms with E-state index in [4.69, 9.17) is 4.52 Å². The van der Waals surface area contributed by atoms with E-state index in [2.05, 4.69) is 15.8 Å². The number of hydrogen-bond donors (Lipinski definition) is 2. The molecule has 4 bridgehead atoms. The van der Waals surface area contributed by atoms with Crippen LogP contribution in [0.3, 0.4) is 0 Å². The molecule has 0 aliphatic heterocycles. The summed E-state index contributed by atoms with van der Waals surface area (Å²) in [4.78, 5) is 26.3. The Morgan fingerprint density at radius 2 is 1.88 bits per heavy atom. The number of nitrogens with zero attached hydrogens (tertiary/aromatic N) is 2. The van der Waals surface area contributed by atoms with Crippen LogP contribution < -0.4 is 10.6 Å². The van der Waals surface area contributed by atoms with Crippen LogP contribution in [0.5, 0.6) is 0 Å². The van der Waals surface area contributed by atoms with E-state index in [1.807, 2.05) is 7.05 Å². The Kier molecular flexibility index (Phi) is 4.27. The molecule has 1 aromatic heterocycles. The fourth-order valence-corrected chi connectivity index (χ4v) is 5.60. The molecule has 25 heavy (non-hydrogen) atoms. The summed E-state index contributed by atoms with van der Waals surface area (Å²) in [6.07, 6.45) is 8.71. The normalized spacial score (nSPS) is 32.8. The molecule has 5 rings (SSSR count). The van der Waals surface area contributed by atoms with E-state index in [1.54, 1.807) is 11.0 Å². The number of imide groups is 1. The van der Waals surface area contributed by atoms with Gasteiger partial charge in [-0.05, 0) is 63.3 Å². The van der Waals surface area contributed by atoms with Crippen molar-refractivity contribution in [2.24, 2.45) is 17.8 Å². The summed E-state index contributed by atoms with van der Waals surface area (Å²) in [7, 11) is 1.81. The predicted octanol–water partition coefficient (Wildman–Crippen LogP) is 1.90. The second-order valence-electron chi connectivity index (χ2n) is 8.36. The Hall–Kier alpha value is -1.89. The van der Waals surface area contributed by atoms with E-state index >= 15 is 0 Å². The highest BCUT2D eigenvalue weighted by Gasteiger charge is 2.51. The number of rotatable bonds is 5. The Morgan fingerprint density at radius 3 is 2.44 bits per heavy atom. The summed E-state index contributed by atoms with van der Waals surface area (Å²) in [6.45, 7) is 0.641. The van der Waals surface area contributed by atoms with Gasteiger partial charge in [-0.1, -0.05) is 5.16 Å². The second-order valence-corrected chi connectivity index (χ2v) is 8.36. The van der Waals surface area contributed by atoms with E-state index in [9.17, 15) is 9.59 Å². The highest BCUT2D eigenvalue weighted by atomic mass is 16.5. The minimum Gasteiger partial charge on any atom is -0.364 e. The van der Waals surface area contributed by atoms with Gasteiger partial charge in [0.05, 0.1) is 12.2 Å². The highest BCUT2D eigenvalue weighted by Crippen LogP contribution is 2.55. The van der Waals surface area contributed by atoms with Gasteiger partial charge in [-0.15, -0.1) is 0 Å². The summed E-state index contributed by atoms with van der Waals surface area (Å²) in [5, 5.41) is 9.47. The van der Waals surface area contributed by atoms with Gasteiger partial charge in [-0.3, -0.25) is 15.0 Å².